The summed E-state index contributed by atoms with van der Waals surface area (Å²) >= 11 is 9.40. The second-order valence-corrected chi connectivity index (χ2v) is 5.52. The monoisotopic (exact) mass is 349 g/mol. The first-order chi connectivity index (χ1) is 9.65. The summed E-state index contributed by atoms with van der Waals surface area (Å²) in [5.41, 5.74) is 1.70. The maximum absolute atomic E-state index is 12.3. The smallest absolute Gasteiger partial charge is 0.276 e. The van der Waals surface area contributed by atoms with Gasteiger partial charge in [-0.05, 0) is 24.3 Å². The Morgan fingerprint density at radius 1 is 1.25 bits per heavy atom. The quantitative estimate of drug-likeness (QED) is 0.726. The molecule has 0 aliphatic rings. The number of hydrogen-bond donors (Lipinski definition) is 2. The number of nitrogens with one attached hydrogen (secondary N) is 2. The number of nitrogens with zero attached hydrogens (tertiary/aromatic N) is 1. The Kier molecular flexibility index (Phi) is 3.46. The van der Waals surface area contributed by atoms with E-state index in [1.165, 1.54) is 0 Å². The first-order valence-corrected chi connectivity index (χ1v) is 7.02. The Hall–Kier alpha value is -1.85. The van der Waals surface area contributed by atoms with E-state index in [0.29, 0.717) is 16.4 Å². The van der Waals surface area contributed by atoms with E-state index < -0.39 is 0 Å². The molecule has 0 atom stereocenters. The number of amides is 1. The van der Waals surface area contributed by atoms with Crippen molar-refractivity contribution < 1.29 is 4.79 Å². The molecule has 6 heteroatoms. The van der Waals surface area contributed by atoms with Gasteiger partial charge >= 0.3 is 0 Å². The van der Waals surface area contributed by atoms with Crippen LogP contribution in [-0.4, -0.2) is 16.1 Å². The molecule has 0 fully saturated rings. The van der Waals surface area contributed by atoms with Crippen LogP contribution in [-0.2, 0) is 0 Å². The highest BCUT2D eigenvalue weighted by Gasteiger charge is 2.15. The molecule has 0 spiro atoms. The molecule has 0 radical (unpaired) electrons. The highest BCUT2D eigenvalue weighted by atomic mass is 79.9. The predicted molar refractivity (Wildman–Crippen MR) is 83.2 cm³/mol. The number of rotatable bonds is 2. The number of carbonyl (C=O) groups excluding carboxylic acids is 1. The molecule has 20 heavy (non-hydrogen) atoms. The first-order valence-electron chi connectivity index (χ1n) is 5.84. The summed E-state index contributed by atoms with van der Waals surface area (Å²) in [7, 11) is 0. The van der Waals surface area contributed by atoms with Crippen LogP contribution in [0.2, 0.25) is 5.02 Å². The van der Waals surface area contributed by atoms with Gasteiger partial charge in [0.05, 0.1) is 16.2 Å². The summed E-state index contributed by atoms with van der Waals surface area (Å²) in [5.74, 6) is -0.303. The molecule has 0 unspecified atom stereocenters. The Balaban J connectivity index is 1.95. The van der Waals surface area contributed by atoms with Crippen LogP contribution in [0.5, 0.6) is 0 Å². The average Bonchev–Trinajstić information content (AvgIpc) is 2.87. The van der Waals surface area contributed by atoms with E-state index in [4.69, 9.17) is 11.6 Å². The zero-order chi connectivity index (χ0) is 14.1. The average molecular weight is 351 g/mol. The number of hydrogen-bond acceptors (Lipinski definition) is 2. The van der Waals surface area contributed by atoms with Crippen LogP contribution in [0.1, 0.15) is 10.5 Å². The zero-order valence-electron chi connectivity index (χ0n) is 10.2. The van der Waals surface area contributed by atoms with Gasteiger partial charge in [-0.15, -0.1) is 0 Å². The van der Waals surface area contributed by atoms with Crippen LogP contribution >= 0.6 is 27.5 Å². The summed E-state index contributed by atoms with van der Waals surface area (Å²) in [5, 5.41) is 10.9. The Morgan fingerprint density at radius 3 is 2.90 bits per heavy atom. The molecule has 1 heterocycles. The lowest BCUT2D eigenvalue weighted by atomic mass is 10.2. The lowest BCUT2D eigenvalue weighted by molar-refractivity contribution is 0.102. The molecule has 3 rings (SSSR count). The van der Waals surface area contributed by atoms with Gasteiger partial charge in [-0.25, -0.2) is 0 Å². The maximum Gasteiger partial charge on any atom is 0.276 e. The topological polar surface area (TPSA) is 57.8 Å². The lowest BCUT2D eigenvalue weighted by Gasteiger charge is -2.06. The second kappa shape index (κ2) is 5.26. The Bertz CT molecular complexity index is 800. The highest BCUT2D eigenvalue weighted by Crippen LogP contribution is 2.26. The van der Waals surface area contributed by atoms with Crippen LogP contribution in [0, 0.1) is 0 Å². The normalized spacial score (nSPS) is 10.7. The van der Waals surface area contributed by atoms with Gasteiger partial charge in [0, 0.05) is 9.86 Å². The minimum absolute atomic E-state index is 0.303. The molecule has 1 amide bonds. The Labute approximate surface area is 128 Å². The van der Waals surface area contributed by atoms with Crippen LogP contribution < -0.4 is 5.32 Å². The molecule has 2 aromatic carbocycles. The van der Waals surface area contributed by atoms with Crippen molar-refractivity contribution >= 4 is 50.0 Å². The first kappa shape index (κ1) is 13.1. The SMILES string of the molecule is O=C(Nc1cc(Br)ccc1Cl)c1n[nH]c2ccccc12. The second-order valence-electron chi connectivity index (χ2n) is 4.20. The molecule has 4 nitrogen and oxygen atoms in total. The van der Waals surface area contributed by atoms with Gasteiger partial charge in [-0.1, -0.05) is 45.7 Å². The molecule has 0 aliphatic heterocycles. The fourth-order valence-electron chi connectivity index (χ4n) is 1.91. The lowest BCUT2D eigenvalue weighted by Crippen LogP contribution is -2.13. The van der Waals surface area contributed by atoms with Crippen molar-refractivity contribution in [3.63, 3.8) is 0 Å². The van der Waals surface area contributed by atoms with Crippen molar-refractivity contribution in [2.45, 2.75) is 0 Å². The number of carbonyl (C=O) groups is 1. The minimum Gasteiger partial charge on any atom is -0.319 e. The van der Waals surface area contributed by atoms with E-state index >= 15 is 0 Å². The summed E-state index contributed by atoms with van der Waals surface area (Å²) in [6, 6.07) is 12.7. The molecule has 2 N–H and O–H groups in total. The number of benzene rings is 2. The van der Waals surface area contributed by atoms with Gasteiger partial charge in [-0.2, -0.15) is 5.10 Å². The molecular formula is C14H9BrClN3O. The van der Waals surface area contributed by atoms with Crippen molar-refractivity contribution in [2.75, 3.05) is 5.32 Å². The third-order valence-electron chi connectivity index (χ3n) is 2.86. The minimum atomic E-state index is -0.303. The van der Waals surface area contributed by atoms with Gasteiger partial charge in [0.1, 0.15) is 0 Å². The molecule has 0 bridgehead atoms. The predicted octanol–water partition coefficient (Wildman–Crippen LogP) is 4.23. The fraction of sp³-hybridized carbons (Fsp3) is 0. The molecular weight excluding hydrogens is 342 g/mol. The molecule has 100 valence electrons. The third-order valence-corrected chi connectivity index (χ3v) is 3.68. The number of aromatic nitrogens is 2. The van der Waals surface area contributed by atoms with Crippen molar-refractivity contribution in [2.24, 2.45) is 0 Å². The number of para-hydroxylation sites is 1. The molecule has 0 saturated carbocycles. The van der Waals surface area contributed by atoms with Crippen molar-refractivity contribution in [1.29, 1.82) is 0 Å². The largest absolute Gasteiger partial charge is 0.319 e. The summed E-state index contributed by atoms with van der Waals surface area (Å²) in [4.78, 5) is 12.3. The van der Waals surface area contributed by atoms with Gasteiger partial charge < -0.3 is 5.32 Å². The molecule has 1 aromatic heterocycles. The summed E-state index contributed by atoms with van der Waals surface area (Å²) < 4.78 is 0.837. The van der Waals surface area contributed by atoms with Gasteiger partial charge in [-0.3, -0.25) is 9.89 Å². The van der Waals surface area contributed by atoms with Crippen molar-refractivity contribution in [3.05, 3.63) is 57.7 Å². The number of halogens is 2. The number of fused-ring (bicyclic) bond motifs is 1. The summed E-state index contributed by atoms with van der Waals surface area (Å²) in [6.07, 6.45) is 0. The summed E-state index contributed by atoms with van der Waals surface area (Å²) in [6.45, 7) is 0. The van der Waals surface area contributed by atoms with Gasteiger partial charge in [0.15, 0.2) is 5.69 Å². The van der Waals surface area contributed by atoms with Gasteiger partial charge in [0.2, 0.25) is 0 Å². The fourth-order valence-corrected chi connectivity index (χ4v) is 2.44. The van der Waals surface area contributed by atoms with Crippen LogP contribution in [0.15, 0.2) is 46.9 Å². The highest BCUT2D eigenvalue weighted by molar-refractivity contribution is 9.10. The standard InChI is InChI=1S/C14H9BrClN3O/c15-8-5-6-10(16)12(7-8)17-14(20)13-9-3-1-2-4-11(9)18-19-13/h1-7H,(H,17,20)(H,18,19). The van der Waals surface area contributed by atoms with E-state index in [2.05, 4.69) is 31.4 Å². The van der Waals surface area contributed by atoms with Crippen molar-refractivity contribution in [1.82, 2.24) is 10.2 Å². The third kappa shape index (κ3) is 2.42. The van der Waals surface area contributed by atoms with Crippen LogP contribution in [0.25, 0.3) is 10.9 Å². The molecule has 3 aromatic rings. The van der Waals surface area contributed by atoms with E-state index in [1.807, 2.05) is 30.3 Å². The van der Waals surface area contributed by atoms with E-state index in [0.717, 1.165) is 15.4 Å². The van der Waals surface area contributed by atoms with Crippen LogP contribution in [0.4, 0.5) is 5.69 Å². The van der Waals surface area contributed by atoms with Crippen LogP contribution in [0.3, 0.4) is 0 Å². The van der Waals surface area contributed by atoms with E-state index in [9.17, 15) is 4.79 Å². The van der Waals surface area contributed by atoms with Crippen molar-refractivity contribution in [3.8, 4) is 0 Å². The number of H-pyrrole nitrogens is 1. The maximum atomic E-state index is 12.3. The van der Waals surface area contributed by atoms with Gasteiger partial charge in [0.25, 0.3) is 5.91 Å². The molecule has 0 saturated heterocycles. The Morgan fingerprint density at radius 2 is 2.05 bits per heavy atom. The van der Waals surface area contributed by atoms with E-state index in [-0.39, 0.29) is 5.91 Å². The number of aromatic amines is 1. The van der Waals surface area contributed by atoms with E-state index in [1.54, 1.807) is 12.1 Å². The molecule has 0 aliphatic carbocycles. The zero-order valence-corrected chi connectivity index (χ0v) is 12.5. The number of anilines is 1.